The molecule has 0 aromatic heterocycles. The van der Waals surface area contributed by atoms with Gasteiger partial charge in [-0.3, -0.25) is 4.90 Å². The molecule has 2 atom stereocenters. The van der Waals surface area contributed by atoms with E-state index in [1.54, 1.807) is 0 Å². The standard InChI is InChI=1S/C17H20FNO.C3H8FNO/c18-17(14-20)13-19(11-15-7-3-1-4-8-15)12-16-9-5-2-6-10-16;4-3(1-5)2-6/h1-10,17,20H,11-14H2;3,6H,1-2,5H2/t17-;3-/m00/s1. The predicted octanol–water partition coefficient (Wildman–Crippen LogP) is 2.29. The summed E-state index contributed by atoms with van der Waals surface area (Å²) >= 11 is 0. The molecule has 0 amide bonds. The lowest BCUT2D eigenvalue weighted by molar-refractivity contribution is 0.119. The Morgan fingerprint density at radius 3 is 1.50 bits per heavy atom. The van der Waals surface area contributed by atoms with E-state index in [1.807, 2.05) is 65.6 Å². The topological polar surface area (TPSA) is 69.7 Å². The number of alkyl halides is 2. The van der Waals surface area contributed by atoms with E-state index in [9.17, 15) is 8.78 Å². The van der Waals surface area contributed by atoms with Gasteiger partial charge in [-0.25, -0.2) is 8.78 Å². The second-order valence-corrected chi connectivity index (χ2v) is 5.94. The first-order valence-corrected chi connectivity index (χ1v) is 8.59. The van der Waals surface area contributed by atoms with Crippen molar-refractivity contribution in [3.63, 3.8) is 0 Å². The van der Waals surface area contributed by atoms with Gasteiger partial charge in [0.1, 0.15) is 12.3 Å². The van der Waals surface area contributed by atoms with Crippen molar-refractivity contribution in [1.29, 1.82) is 0 Å². The highest BCUT2D eigenvalue weighted by Crippen LogP contribution is 2.11. The molecule has 4 nitrogen and oxygen atoms in total. The highest BCUT2D eigenvalue weighted by Gasteiger charge is 2.13. The van der Waals surface area contributed by atoms with Gasteiger partial charge in [0.25, 0.3) is 0 Å². The van der Waals surface area contributed by atoms with Crippen LogP contribution in [0, 0.1) is 0 Å². The molecule has 0 heterocycles. The molecule has 144 valence electrons. The van der Waals surface area contributed by atoms with Crippen molar-refractivity contribution in [2.24, 2.45) is 5.73 Å². The molecule has 0 aliphatic carbocycles. The van der Waals surface area contributed by atoms with E-state index in [0.717, 1.165) is 11.1 Å². The van der Waals surface area contributed by atoms with Crippen LogP contribution < -0.4 is 5.73 Å². The molecule has 0 radical (unpaired) electrons. The fourth-order valence-electron chi connectivity index (χ4n) is 2.28. The second kappa shape index (κ2) is 13.4. The van der Waals surface area contributed by atoms with Gasteiger partial charge in [-0.1, -0.05) is 60.7 Å². The first-order valence-electron chi connectivity index (χ1n) is 8.59. The Labute approximate surface area is 153 Å². The smallest absolute Gasteiger partial charge is 0.136 e. The first kappa shape index (κ1) is 22.2. The van der Waals surface area contributed by atoms with Gasteiger partial charge in [-0.05, 0) is 11.1 Å². The maximum Gasteiger partial charge on any atom is 0.136 e. The number of hydrogen-bond acceptors (Lipinski definition) is 4. The molecule has 0 fully saturated rings. The van der Waals surface area contributed by atoms with Crippen molar-refractivity contribution in [1.82, 2.24) is 4.90 Å². The summed E-state index contributed by atoms with van der Waals surface area (Å²) in [5.41, 5.74) is 7.04. The lowest BCUT2D eigenvalue weighted by Gasteiger charge is -2.23. The van der Waals surface area contributed by atoms with Crippen LogP contribution in [0.4, 0.5) is 8.78 Å². The fraction of sp³-hybridized carbons (Fsp3) is 0.400. The third kappa shape index (κ3) is 9.58. The van der Waals surface area contributed by atoms with E-state index in [0.29, 0.717) is 13.1 Å². The zero-order chi connectivity index (χ0) is 19.2. The molecular formula is C20H28F2N2O2. The minimum Gasteiger partial charge on any atom is -0.393 e. The quantitative estimate of drug-likeness (QED) is 0.637. The molecular weight excluding hydrogens is 338 g/mol. The minimum atomic E-state index is -1.23. The maximum atomic E-state index is 13.5. The van der Waals surface area contributed by atoms with Crippen LogP contribution in [0.25, 0.3) is 0 Å². The third-order valence-corrected chi connectivity index (χ3v) is 3.61. The molecule has 0 saturated heterocycles. The molecule has 0 aliphatic rings. The maximum absolute atomic E-state index is 13.5. The zero-order valence-electron chi connectivity index (χ0n) is 14.8. The van der Waals surface area contributed by atoms with Crippen LogP contribution in [-0.4, -0.2) is 53.8 Å². The lowest BCUT2D eigenvalue weighted by Crippen LogP contribution is -2.31. The van der Waals surface area contributed by atoms with Crippen LogP contribution in [-0.2, 0) is 13.1 Å². The van der Waals surface area contributed by atoms with Gasteiger partial charge in [0.15, 0.2) is 0 Å². The van der Waals surface area contributed by atoms with E-state index in [1.165, 1.54) is 0 Å². The van der Waals surface area contributed by atoms with Crippen molar-refractivity contribution in [2.75, 3.05) is 26.3 Å². The van der Waals surface area contributed by atoms with Crippen LogP contribution in [0.2, 0.25) is 0 Å². The van der Waals surface area contributed by atoms with Crippen molar-refractivity contribution in [3.05, 3.63) is 71.8 Å². The summed E-state index contributed by atoms with van der Waals surface area (Å²) in [5.74, 6) is 0. The van der Waals surface area contributed by atoms with E-state index in [4.69, 9.17) is 15.9 Å². The number of nitrogens with zero attached hydrogens (tertiary/aromatic N) is 1. The summed E-state index contributed by atoms with van der Waals surface area (Å²) in [4.78, 5) is 2.02. The molecule has 2 aromatic rings. The normalized spacial score (nSPS) is 13.0. The number of benzene rings is 2. The summed E-state index contributed by atoms with van der Waals surface area (Å²) < 4.78 is 25.0. The first-order chi connectivity index (χ1) is 12.6. The average molecular weight is 366 g/mol. The summed E-state index contributed by atoms with van der Waals surface area (Å²) in [6.45, 7) is 0.611. The lowest BCUT2D eigenvalue weighted by atomic mass is 10.1. The van der Waals surface area contributed by atoms with Crippen molar-refractivity contribution in [3.8, 4) is 0 Å². The van der Waals surface area contributed by atoms with E-state index in [-0.39, 0.29) is 13.1 Å². The Morgan fingerprint density at radius 1 is 0.769 bits per heavy atom. The zero-order valence-corrected chi connectivity index (χ0v) is 14.8. The van der Waals surface area contributed by atoms with Crippen LogP contribution in [0.1, 0.15) is 11.1 Å². The van der Waals surface area contributed by atoms with Crippen LogP contribution in [0.3, 0.4) is 0 Å². The van der Waals surface area contributed by atoms with Gasteiger partial charge < -0.3 is 15.9 Å². The Balaban J connectivity index is 0.000000487. The molecule has 2 rings (SSSR count). The van der Waals surface area contributed by atoms with Gasteiger partial charge >= 0.3 is 0 Å². The van der Waals surface area contributed by atoms with E-state index in [2.05, 4.69) is 0 Å². The Hall–Kier alpha value is -1.86. The predicted molar refractivity (Wildman–Crippen MR) is 100 cm³/mol. The van der Waals surface area contributed by atoms with Gasteiger partial charge in [0.2, 0.25) is 0 Å². The Kier molecular flexibility index (Phi) is 11.4. The second-order valence-electron chi connectivity index (χ2n) is 5.94. The van der Waals surface area contributed by atoms with Crippen LogP contribution in [0.5, 0.6) is 0 Å². The van der Waals surface area contributed by atoms with Crippen molar-refractivity contribution < 1.29 is 19.0 Å². The number of aliphatic hydroxyl groups is 2. The molecule has 0 saturated carbocycles. The fourth-order valence-corrected chi connectivity index (χ4v) is 2.28. The molecule has 0 aliphatic heterocycles. The van der Waals surface area contributed by atoms with E-state index >= 15 is 0 Å². The highest BCUT2D eigenvalue weighted by atomic mass is 19.1. The van der Waals surface area contributed by atoms with Gasteiger partial charge in [-0.15, -0.1) is 0 Å². The van der Waals surface area contributed by atoms with Crippen LogP contribution >= 0.6 is 0 Å². The summed E-state index contributed by atoms with van der Waals surface area (Å²) in [6, 6.07) is 20.0. The molecule has 2 aromatic carbocycles. The number of nitrogens with two attached hydrogens (primary N) is 1. The molecule has 6 heteroatoms. The molecule has 26 heavy (non-hydrogen) atoms. The third-order valence-electron chi connectivity index (χ3n) is 3.61. The minimum absolute atomic E-state index is 0.0868. The van der Waals surface area contributed by atoms with Gasteiger partial charge in [-0.2, -0.15) is 0 Å². The molecule has 0 spiro atoms. The van der Waals surface area contributed by atoms with Crippen molar-refractivity contribution >= 4 is 0 Å². The molecule has 0 bridgehead atoms. The largest absolute Gasteiger partial charge is 0.393 e. The van der Waals surface area contributed by atoms with Crippen molar-refractivity contribution in [2.45, 2.75) is 25.4 Å². The number of hydrogen-bond donors (Lipinski definition) is 3. The van der Waals surface area contributed by atoms with Crippen LogP contribution in [0.15, 0.2) is 60.7 Å². The van der Waals surface area contributed by atoms with Gasteiger partial charge in [0.05, 0.1) is 13.2 Å². The number of aliphatic hydroxyl groups excluding tert-OH is 2. The Bertz CT molecular complexity index is 527. The monoisotopic (exact) mass is 366 g/mol. The number of halogens is 2. The van der Waals surface area contributed by atoms with Gasteiger partial charge in [0, 0.05) is 26.2 Å². The highest BCUT2D eigenvalue weighted by molar-refractivity contribution is 5.17. The molecule has 4 N–H and O–H groups in total. The summed E-state index contributed by atoms with van der Waals surface area (Å²) in [5, 5.41) is 16.8. The summed E-state index contributed by atoms with van der Waals surface area (Å²) in [7, 11) is 0. The average Bonchev–Trinajstić information content (AvgIpc) is 2.69. The van der Waals surface area contributed by atoms with E-state index < -0.39 is 25.6 Å². The Morgan fingerprint density at radius 2 is 1.19 bits per heavy atom. The SMILES string of the molecule is NC[C@H](F)CO.OC[C@@H](F)CN(Cc1ccccc1)Cc1ccccc1. The molecule has 0 unspecified atom stereocenters. The number of rotatable bonds is 9. The summed E-state index contributed by atoms with van der Waals surface area (Å²) in [6.07, 6.45) is -2.44.